The first-order chi connectivity index (χ1) is 14.4. The van der Waals surface area contributed by atoms with E-state index in [-0.39, 0.29) is 6.61 Å². The maximum Gasteiger partial charge on any atom is 0.175 e. The lowest BCUT2D eigenvalue weighted by Gasteiger charge is -2.14. The number of allylic oxidation sites excluding steroid dienone is 1. The molecular formula is C23H15BrCl3NO2. The first-order valence-electron chi connectivity index (χ1n) is 8.73. The van der Waals surface area contributed by atoms with Crippen LogP contribution in [0.25, 0.3) is 11.6 Å². The number of nitrogens with zero attached hydrogens (tertiary/aromatic N) is 1. The van der Waals surface area contributed by atoms with Crippen LogP contribution in [0.5, 0.6) is 11.5 Å². The predicted molar refractivity (Wildman–Crippen MR) is 126 cm³/mol. The van der Waals surface area contributed by atoms with Crippen molar-refractivity contribution in [3.63, 3.8) is 0 Å². The zero-order chi connectivity index (χ0) is 21.7. The van der Waals surface area contributed by atoms with Gasteiger partial charge in [-0.3, -0.25) is 0 Å². The van der Waals surface area contributed by atoms with Gasteiger partial charge in [0.05, 0.1) is 23.2 Å². The van der Waals surface area contributed by atoms with E-state index >= 15 is 0 Å². The van der Waals surface area contributed by atoms with E-state index in [0.29, 0.717) is 36.6 Å². The van der Waals surface area contributed by atoms with E-state index in [4.69, 9.17) is 44.3 Å². The standard InChI is InChI=1S/C23H15BrCl3NO2/c1-29-22-10-14(8-17(12-28)15-2-5-18(25)6-3-15)9-20(24)23(22)30-13-16-4-7-19(26)11-21(16)27/h2-11H,13H2,1H3. The Balaban J connectivity index is 1.89. The summed E-state index contributed by atoms with van der Waals surface area (Å²) in [4.78, 5) is 0. The Morgan fingerprint density at radius 2 is 1.73 bits per heavy atom. The maximum absolute atomic E-state index is 9.58. The number of benzene rings is 3. The summed E-state index contributed by atoms with van der Waals surface area (Å²) in [5, 5.41) is 11.3. The lowest BCUT2D eigenvalue weighted by molar-refractivity contribution is 0.282. The Labute approximate surface area is 198 Å². The highest BCUT2D eigenvalue weighted by Crippen LogP contribution is 2.38. The Morgan fingerprint density at radius 3 is 2.37 bits per heavy atom. The van der Waals surface area contributed by atoms with E-state index in [1.807, 2.05) is 12.1 Å². The van der Waals surface area contributed by atoms with Crippen molar-refractivity contribution in [2.75, 3.05) is 7.11 Å². The molecule has 0 aliphatic heterocycles. The Bertz CT molecular complexity index is 1140. The van der Waals surface area contributed by atoms with Gasteiger partial charge in [-0.2, -0.15) is 5.26 Å². The summed E-state index contributed by atoms with van der Waals surface area (Å²) >= 11 is 21.6. The molecular weight excluding hydrogens is 509 g/mol. The zero-order valence-corrected chi connectivity index (χ0v) is 19.6. The third kappa shape index (κ3) is 5.50. The molecule has 7 heteroatoms. The highest BCUT2D eigenvalue weighted by molar-refractivity contribution is 9.10. The highest BCUT2D eigenvalue weighted by Gasteiger charge is 2.13. The van der Waals surface area contributed by atoms with E-state index in [1.54, 1.807) is 55.7 Å². The van der Waals surface area contributed by atoms with Gasteiger partial charge < -0.3 is 9.47 Å². The van der Waals surface area contributed by atoms with Crippen LogP contribution in [-0.2, 0) is 6.61 Å². The minimum absolute atomic E-state index is 0.244. The molecule has 0 atom stereocenters. The Kier molecular flexibility index (Phi) is 7.69. The lowest BCUT2D eigenvalue weighted by Crippen LogP contribution is -2.00. The van der Waals surface area contributed by atoms with E-state index in [2.05, 4.69) is 22.0 Å². The molecule has 0 aliphatic rings. The molecule has 0 fully saturated rings. The summed E-state index contributed by atoms with van der Waals surface area (Å²) in [6.45, 7) is 0.244. The van der Waals surface area contributed by atoms with Crippen LogP contribution < -0.4 is 9.47 Å². The first kappa shape index (κ1) is 22.5. The number of nitriles is 1. The minimum Gasteiger partial charge on any atom is -0.493 e. The monoisotopic (exact) mass is 521 g/mol. The topological polar surface area (TPSA) is 42.2 Å². The fourth-order valence-corrected chi connectivity index (χ4v) is 3.89. The number of ether oxygens (including phenoxy) is 2. The number of methoxy groups -OCH3 is 1. The van der Waals surface area contributed by atoms with E-state index in [0.717, 1.165) is 16.7 Å². The molecule has 152 valence electrons. The molecule has 0 aromatic heterocycles. The van der Waals surface area contributed by atoms with E-state index in [9.17, 15) is 5.26 Å². The molecule has 0 radical (unpaired) electrons. The molecule has 0 saturated heterocycles. The van der Waals surface area contributed by atoms with Crippen molar-refractivity contribution >= 4 is 62.4 Å². The lowest BCUT2D eigenvalue weighted by atomic mass is 10.0. The maximum atomic E-state index is 9.58. The van der Waals surface area contributed by atoms with Gasteiger partial charge in [0.25, 0.3) is 0 Å². The largest absolute Gasteiger partial charge is 0.493 e. The Morgan fingerprint density at radius 1 is 1.03 bits per heavy atom. The molecule has 0 saturated carbocycles. The highest BCUT2D eigenvalue weighted by atomic mass is 79.9. The quantitative estimate of drug-likeness (QED) is 0.242. The van der Waals surface area contributed by atoms with E-state index < -0.39 is 0 Å². The molecule has 0 amide bonds. The summed E-state index contributed by atoms with van der Waals surface area (Å²) in [7, 11) is 1.56. The third-order valence-electron chi connectivity index (χ3n) is 4.23. The van der Waals surface area contributed by atoms with Crippen molar-refractivity contribution in [3.05, 3.63) is 90.8 Å². The summed E-state index contributed by atoms with van der Waals surface area (Å²) in [6.07, 6.45) is 1.77. The normalized spacial score (nSPS) is 11.1. The molecule has 3 aromatic carbocycles. The van der Waals surface area contributed by atoms with Gasteiger partial charge in [0.2, 0.25) is 0 Å². The third-order valence-corrected chi connectivity index (χ3v) is 5.65. The van der Waals surface area contributed by atoms with Gasteiger partial charge in [0.15, 0.2) is 11.5 Å². The van der Waals surface area contributed by atoms with Crippen LogP contribution in [0.3, 0.4) is 0 Å². The fourth-order valence-electron chi connectivity index (χ4n) is 2.73. The second-order valence-electron chi connectivity index (χ2n) is 6.24. The minimum atomic E-state index is 0.244. The predicted octanol–water partition coefficient (Wildman–Crippen LogP) is 8.06. The van der Waals surface area contributed by atoms with Crippen molar-refractivity contribution in [2.45, 2.75) is 6.61 Å². The molecule has 3 rings (SSSR count). The molecule has 30 heavy (non-hydrogen) atoms. The van der Waals surface area contributed by atoms with Crippen LogP contribution in [0.4, 0.5) is 0 Å². The summed E-state index contributed by atoms with van der Waals surface area (Å²) in [5.74, 6) is 1.06. The number of hydrogen-bond donors (Lipinski definition) is 0. The summed E-state index contributed by atoms with van der Waals surface area (Å²) in [5.41, 5.74) is 2.85. The molecule has 0 spiro atoms. The summed E-state index contributed by atoms with van der Waals surface area (Å²) in [6, 6.07) is 18.2. The van der Waals surface area contributed by atoms with Crippen molar-refractivity contribution in [1.29, 1.82) is 5.26 Å². The molecule has 0 N–H and O–H groups in total. The molecule has 0 aliphatic carbocycles. The van der Waals surface area contributed by atoms with Gasteiger partial charge in [0.1, 0.15) is 6.61 Å². The SMILES string of the molecule is COc1cc(C=C(C#N)c2ccc(Cl)cc2)cc(Br)c1OCc1ccc(Cl)cc1Cl. The molecule has 3 aromatic rings. The van der Waals surface area contributed by atoms with Crippen LogP contribution >= 0.6 is 50.7 Å². The number of hydrogen-bond acceptors (Lipinski definition) is 3. The summed E-state index contributed by atoms with van der Waals surface area (Å²) < 4.78 is 12.1. The second kappa shape index (κ2) is 10.2. The van der Waals surface area contributed by atoms with Gasteiger partial charge in [-0.25, -0.2) is 0 Å². The van der Waals surface area contributed by atoms with Crippen LogP contribution in [-0.4, -0.2) is 7.11 Å². The smallest absolute Gasteiger partial charge is 0.175 e. The van der Waals surface area contributed by atoms with Crippen LogP contribution in [0.2, 0.25) is 15.1 Å². The molecule has 0 heterocycles. The molecule has 3 nitrogen and oxygen atoms in total. The van der Waals surface area contributed by atoms with Gasteiger partial charge in [-0.1, -0.05) is 53.0 Å². The van der Waals surface area contributed by atoms with Crippen LogP contribution in [0.15, 0.2) is 59.1 Å². The van der Waals surface area contributed by atoms with Crippen molar-refractivity contribution in [2.24, 2.45) is 0 Å². The average molecular weight is 524 g/mol. The van der Waals surface area contributed by atoms with Gasteiger partial charge in [-0.05, 0) is 69.5 Å². The zero-order valence-electron chi connectivity index (χ0n) is 15.8. The van der Waals surface area contributed by atoms with Gasteiger partial charge in [0, 0.05) is 20.6 Å². The van der Waals surface area contributed by atoms with Crippen LogP contribution in [0, 0.1) is 11.3 Å². The van der Waals surface area contributed by atoms with Gasteiger partial charge in [-0.15, -0.1) is 0 Å². The molecule has 0 unspecified atom stereocenters. The van der Waals surface area contributed by atoms with Crippen molar-refractivity contribution in [3.8, 4) is 17.6 Å². The van der Waals surface area contributed by atoms with Crippen molar-refractivity contribution in [1.82, 2.24) is 0 Å². The van der Waals surface area contributed by atoms with Crippen molar-refractivity contribution < 1.29 is 9.47 Å². The van der Waals surface area contributed by atoms with Gasteiger partial charge >= 0.3 is 0 Å². The van der Waals surface area contributed by atoms with E-state index in [1.165, 1.54) is 0 Å². The second-order valence-corrected chi connectivity index (χ2v) is 8.37. The Hall–Kier alpha value is -2.16. The molecule has 0 bridgehead atoms. The fraction of sp³-hybridized carbons (Fsp3) is 0.0870. The number of rotatable bonds is 6. The average Bonchev–Trinajstić information content (AvgIpc) is 2.72. The van der Waals surface area contributed by atoms with Crippen LogP contribution in [0.1, 0.15) is 16.7 Å². The number of halogens is 4. The first-order valence-corrected chi connectivity index (χ1v) is 10.7.